The van der Waals surface area contributed by atoms with Gasteiger partial charge in [-0.3, -0.25) is 13.9 Å². The fourth-order valence-electron chi connectivity index (χ4n) is 4.36. The number of benzene rings is 2. The van der Waals surface area contributed by atoms with Crippen molar-refractivity contribution in [2.75, 3.05) is 7.11 Å². The van der Waals surface area contributed by atoms with E-state index in [4.69, 9.17) is 31.3 Å². The van der Waals surface area contributed by atoms with Crippen molar-refractivity contribution < 1.29 is 4.74 Å². The SMILES string of the molecule is CCCCCCCn1cnc2c(c1=O)c1nc3ccccc3nc1n2-c1ccc(OC)c(Cl)c1. The van der Waals surface area contributed by atoms with Gasteiger partial charge in [-0.1, -0.05) is 56.3 Å². The Hall–Kier alpha value is -3.45. The zero-order valence-electron chi connectivity index (χ0n) is 19.3. The van der Waals surface area contributed by atoms with E-state index in [0.717, 1.165) is 29.6 Å². The largest absolute Gasteiger partial charge is 0.495 e. The molecule has 174 valence electrons. The molecule has 0 atom stereocenters. The van der Waals surface area contributed by atoms with Gasteiger partial charge in [0.25, 0.3) is 5.56 Å². The Bertz CT molecular complexity index is 1560. The Labute approximate surface area is 202 Å². The fraction of sp³-hybridized carbons (Fsp3) is 0.308. The van der Waals surface area contributed by atoms with Gasteiger partial charge in [0.05, 0.1) is 35.2 Å². The quantitative estimate of drug-likeness (QED) is 0.260. The summed E-state index contributed by atoms with van der Waals surface area (Å²) in [6, 6.07) is 13.1. The lowest BCUT2D eigenvalue weighted by Crippen LogP contribution is -2.20. The van der Waals surface area contributed by atoms with Crippen molar-refractivity contribution in [1.29, 1.82) is 0 Å². The van der Waals surface area contributed by atoms with E-state index in [1.165, 1.54) is 19.3 Å². The number of halogens is 1. The minimum Gasteiger partial charge on any atom is -0.495 e. The Morgan fingerprint density at radius 1 is 0.971 bits per heavy atom. The number of aromatic nitrogens is 5. The highest BCUT2D eigenvalue weighted by Crippen LogP contribution is 2.32. The first-order chi connectivity index (χ1) is 16.6. The van der Waals surface area contributed by atoms with Crippen LogP contribution in [0, 0.1) is 0 Å². The summed E-state index contributed by atoms with van der Waals surface area (Å²) >= 11 is 6.43. The third-order valence-electron chi connectivity index (χ3n) is 6.13. The Morgan fingerprint density at radius 3 is 2.47 bits per heavy atom. The van der Waals surface area contributed by atoms with Crippen LogP contribution in [0.1, 0.15) is 39.0 Å². The lowest BCUT2D eigenvalue weighted by Gasteiger charge is -2.10. The molecule has 0 aliphatic heterocycles. The van der Waals surface area contributed by atoms with Crippen LogP contribution in [0.25, 0.3) is 38.9 Å². The van der Waals surface area contributed by atoms with Crippen LogP contribution in [-0.4, -0.2) is 31.2 Å². The molecule has 0 fully saturated rings. The Balaban J connectivity index is 1.73. The molecular formula is C26H26ClN5O2. The van der Waals surface area contributed by atoms with Gasteiger partial charge in [-0.15, -0.1) is 0 Å². The van der Waals surface area contributed by atoms with Crippen LogP contribution in [0.5, 0.6) is 5.75 Å². The molecule has 0 saturated carbocycles. The summed E-state index contributed by atoms with van der Waals surface area (Å²) in [6.07, 6.45) is 7.24. The Morgan fingerprint density at radius 2 is 1.74 bits per heavy atom. The van der Waals surface area contributed by atoms with E-state index >= 15 is 0 Å². The van der Waals surface area contributed by atoms with Crippen LogP contribution in [0.4, 0.5) is 0 Å². The Kier molecular flexibility index (Phi) is 6.20. The van der Waals surface area contributed by atoms with E-state index in [2.05, 4.69) is 6.92 Å². The molecule has 5 rings (SSSR count). The van der Waals surface area contributed by atoms with Gasteiger partial charge in [0.1, 0.15) is 16.7 Å². The maximum Gasteiger partial charge on any atom is 0.265 e. The van der Waals surface area contributed by atoms with Gasteiger partial charge in [0.15, 0.2) is 11.3 Å². The van der Waals surface area contributed by atoms with Gasteiger partial charge in [-0.25, -0.2) is 15.0 Å². The highest BCUT2D eigenvalue weighted by Gasteiger charge is 2.21. The van der Waals surface area contributed by atoms with Crippen LogP contribution in [0.15, 0.2) is 53.6 Å². The summed E-state index contributed by atoms with van der Waals surface area (Å²) in [5, 5.41) is 0.931. The molecule has 3 aromatic heterocycles. The first kappa shape index (κ1) is 22.3. The van der Waals surface area contributed by atoms with Crippen molar-refractivity contribution in [3.8, 4) is 11.4 Å². The number of hydrogen-bond acceptors (Lipinski definition) is 5. The number of rotatable bonds is 8. The van der Waals surface area contributed by atoms with Crippen molar-refractivity contribution >= 4 is 44.8 Å². The molecule has 0 saturated heterocycles. The van der Waals surface area contributed by atoms with E-state index in [9.17, 15) is 4.79 Å². The number of aryl methyl sites for hydroxylation is 1. The zero-order valence-corrected chi connectivity index (χ0v) is 20.0. The number of methoxy groups -OCH3 is 1. The van der Waals surface area contributed by atoms with Gasteiger partial charge in [0, 0.05) is 6.54 Å². The topological polar surface area (TPSA) is 74.8 Å². The van der Waals surface area contributed by atoms with Crippen LogP contribution in [-0.2, 0) is 6.54 Å². The number of para-hydroxylation sites is 2. The summed E-state index contributed by atoms with van der Waals surface area (Å²) < 4.78 is 8.85. The molecule has 0 amide bonds. The molecule has 5 aromatic rings. The highest BCUT2D eigenvalue weighted by atomic mass is 35.5. The number of ether oxygens (including phenoxy) is 1. The predicted octanol–water partition coefficient (Wildman–Crippen LogP) is 5.92. The smallest absolute Gasteiger partial charge is 0.265 e. The molecule has 0 aliphatic rings. The first-order valence-electron chi connectivity index (χ1n) is 11.6. The van der Waals surface area contributed by atoms with Crippen LogP contribution >= 0.6 is 11.6 Å². The van der Waals surface area contributed by atoms with E-state index in [0.29, 0.717) is 39.5 Å². The van der Waals surface area contributed by atoms with Crippen molar-refractivity contribution in [2.24, 2.45) is 0 Å². The number of hydrogen-bond donors (Lipinski definition) is 0. The van der Waals surface area contributed by atoms with Gasteiger partial charge < -0.3 is 4.74 Å². The summed E-state index contributed by atoms with van der Waals surface area (Å²) in [5.74, 6) is 0.570. The van der Waals surface area contributed by atoms with Crippen LogP contribution in [0.3, 0.4) is 0 Å². The summed E-state index contributed by atoms with van der Waals surface area (Å²) in [7, 11) is 1.57. The molecule has 2 aromatic carbocycles. The molecule has 0 radical (unpaired) electrons. The molecule has 8 heteroatoms. The van der Waals surface area contributed by atoms with E-state index in [1.807, 2.05) is 34.9 Å². The van der Waals surface area contributed by atoms with Gasteiger partial charge in [-0.2, -0.15) is 0 Å². The summed E-state index contributed by atoms with van der Waals surface area (Å²) in [5.41, 5.74) is 3.73. The summed E-state index contributed by atoms with van der Waals surface area (Å²) in [4.78, 5) is 28.0. The monoisotopic (exact) mass is 475 g/mol. The minimum atomic E-state index is -0.103. The zero-order chi connectivity index (χ0) is 23.7. The molecule has 0 spiro atoms. The third kappa shape index (κ3) is 3.90. The van der Waals surface area contributed by atoms with Gasteiger partial charge in [-0.05, 0) is 36.8 Å². The second-order valence-electron chi connectivity index (χ2n) is 8.39. The van der Waals surface area contributed by atoms with Crippen molar-refractivity contribution in [1.82, 2.24) is 24.1 Å². The molecule has 34 heavy (non-hydrogen) atoms. The molecule has 7 nitrogen and oxygen atoms in total. The van der Waals surface area contributed by atoms with Gasteiger partial charge >= 0.3 is 0 Å². The van der Waals surface area contributed by atoms with E-state index in [-0.39, 0.29) is 5.56 Å². The average molecular weight is 476 g/mol. The minimum absolute atomic E-state index is 0.103. The molecule has 0 N–H and O–H groups in total. The average Bonchev–Trinajstić information content (AvgIpc) is 3.17. The highest BCUT2D eigenvalue weighted by molar-refractivity contribution is 6.32. The fourth-order valence-corrected chi connectivity index (χ4v) is 4.61. The van der Waals surface area contributed by atoms with E-state index in [1.54, 1.807) is 30.1 Å². The number of nitrogens with zero attached hydrogens (tertiary/aromatic N) is 5. The van der Waals surface area contributed by atoms with Crippen molar-refractivity contribution in [3.05, 3.63) is 64.2 Å². The maximum atomic E-state index is 13.6. The second-order valence-corrected chi connectivity index (χ2v) is 8.80. The van der Waals surface area contributed by atoms with Crippen LogP contribution in [0.2, 0.25) is 5.02 Å². The van der Waals surface area contributed by atoms with Crippen LogP contribution < -0.4 is 10.3 Å². The van der Waals surface area contributed by atoms with E-state index < -0.39 is 0 Å². The standard InChI is InChI=1S/C26H26ClN5O2/c1-3-4-5-6-9-14-31-16-28-24-22(26(31)33)23-25(30-20-11-8-7-10-19(20)29-23)32(24)17-12-13-21(34-2)18(27)15-17/h7-8,10-13,15-16H,3-6,9,14H2,1-2H3. The lowest BCUT2D eigenvalue weighted by atomic mass is 10.1. The maximum absolute atomic E-state index is 13.6. The van der Waals surface area contributed by atoms with Gasteiger partial charge in [0.2, 0.25) is 0 Å². The second kappa shape index (κ2) is 9.43. The number of fused-ring (bicyclic) bond motifs is 4. The molecule has 0 bridgehead atoms. The number of unbranched alkanes of at least 4 members (excludes halogenated alkanes) is 4. The predicted molar refractivity (Wildman–Crippen MR) is 136 cm³/mol. The summed E-state index contributed by atoms with van der Waals surface area (Å²) in [6.45, 7) is 2.83. The molecule has 0 aliphatic carbocycles. The molecular weight excluding hydrogens is 450 g/mol. The third-order valence-corrected chi connectivity index (χ3v) is 6.42. The van der Waals surface area contributed by atoms with Crippen molar-refractivity contribution in [2.45, 2.75) is 45.6 Å². The normalized spacial score (nSPS) is 11.6. The lowest BCUT2D eigenvalue weighted by molar-refractivity contribution is 0.415. The first-order valence-corrected chi connectivity index (χ1v) is 12.0. The molecule has 0 unspecified atom stereocenters. The molecule has 3 heterocycles. The van der Waals surface area contributed by atoms with Crippen molar-refractivity contribution in [3.63, 3.8) is 0 Å².